The average Bonchev–Trinajstić information content (AvgIpc) is 2.99. The van der Waals surface area contributed by atoms with Gasteiger partial charge in [-0.2, -0.15) is 0 Å². The minimum absolute atomic E-state index is 0.297. The predicted octanol–water partition coefficient (Wildman–Crippen LogP) is 4.47. The van der Waals surface area contributed by atoms with Crippen molar-refractivity contribution in [1.29, 1.82) is 0 Å². The first-order valence-electron chi connectivity index (χ1n) is 6.53. The molecule has 0 aliphatic carbocycles. The number of aryl methyl sites for hydroxylation is 1. The first kappa shape index (κ1) is 15.9. The Kier molecular flexibility index (Phi) is 4.56. The molecule has 3 rings (SSSR count). The maximum atomic E-state index is 12.2. The summed E-state index contributed by atoms with van der Waals surface area (Å²) in [5.74, 6) is 0.165. The van der Waals surface area contributed by atoms with E-state index in [1.54, 1.807) is 24.4 Å². The zero-order valence-electron chi connectivity index (χ0n) is 11.9. The van der Waals surface area contributed by atoms with Crippen LogP contribution < -0.4 is 5.32 Å². The average molecular weight is 365 g/mol. The van der Waals surface area contributed by atoms with Crippen molar-refractivity contribution in [1.82, 2.24) is 15.0 Å². The van der Waals surface area contributed by atoms with Gasteiger partial charge in [0.05, 0.1) is 21.3 Å². The Labute approximate surface area is 146 Å². The Morgan fingerprint density at radius 3 is 2.83 bits per heavy atom. The van der Waals surface area contributed by atoms with Crippen molar-refractivity contribution in [3.8, 4) is 10.6 Å². The molecule has 0 spiro atoms. The van der Waals surface area contributed by atoms with E-state index in [4.69, 9.17) is 23.2 Å². The van der Waals surface area contributed by atoms with E-state index in [0.29, 0.717) is 27.1 Å². The molecule has 2 aromatic heterocycles. The summed E-state index contributed by atoms with van der Waals surface area (Å²) in [6.45, 7) is 1.75. The van der Waals surface area contributed by atoms with Crippen molar-refractivity contribution in [3.63, 3.8) is 0 Å². The molecule has 0 bridgehead atoms. The number of anilines is 1. The Bertz CT molecular complexity index is 881. The molecule has 0 fully saturated rings. The molecule has 1 aromatic carbocycles. The first-order valence-corrected chi connectivity index (χ1v) is 8.17. The molecule has 3 aromatic rings. The van der Waals surface area contributed by atoms with Crippen LogP contribution in [-0.4, -0.2) is 20.9 Å². The third-order valence-corrected chi connectivity index (χ3v) is 4.70. The molecule has 5 nitrogen and oxygen atoms in total. The topological polar surface area (TPSA) is 67.8 Å². The zero-order chi connectivity index (χ0) is 16.4. The summed E-state index contributed by atoms with van der Waals surface area (Å²) in [5, 5.41) is 6.18. The number of carbonyl (C=O) groups is 1. The summed E-state index contributed by atoms with van der Waals surface area (Å²) >= 11 is 13.3. The number of thiazole rings is 1. The van der Waals surface area contributed by atoms with E-state index in [9.17, 15) is 4.79 Å². The maximum absolute atomic E-state index is 12.2. The number of nitrogens with one attached hydrogen (secondary N) is 1. The van der Waals surface area contributed by atoms with Crippen molar-refractivity contribution in [2.45, 2.75) is 6.92 Å². The van der Waals surface area contributed by atoms with E-state index in [2.05, 4.69) is 20.3 Å². The molecule has 1 N–H and O–H groups in total. The lowest BCUT2D eigenvalue weighted by atomic mass is 10.2. The van der Waals surface area contributed by atoms with E-state index in [0.717, 1.165) is 10.6 Å². The predicted molar refractivity (Wildman–Crippen MR) is 92.3 cm³/mol. The quantitative estimate of drug-likeness (QED) is 0.744. The molecular formula is C15H10Cl2N4OS. The van der Waals surface area contributed by atoms with Crippen LogP contribution in [0.2, 0.25) is 10.0 Å². The molecule has 0 atom stereocenters. The molecule has 23 heavy (non-hydrogen) atoms. The third-order valence-electron chi connectivity index (χ3n) is 3.07. The van der Waals surface area contributed by atoms with Gasteiger partial charge in [0.15, 0.2) is 0 Å². The molecule has 1 amide bonds. The summed E-state index contributed by atoms with van der Waals surface area (Å²) in [6, 6.07) is 5.28. The number of nitrogens with zero attached hydrogens (tertiary/aromatic N) is 3. The fourth-order valence-electron chi connectivity index (χ4n) is 1.89. The van der Waals surface area contributed by atoms with E-state index in [1.807, 2.05) is 6.07 Å². The lowest BCUT2D eigenvalue weighted by molar-refractivity contribution is 0.102. The highest BCUT2D eigenvalue weighted by Gasteiger charge is 2.13. The minimum Gasteiger partial charge on any atom is -0.306 e. The van der Waals surface area contributed by atoms with Crippen molar-refractivity contribution in [2.24, 2.45) is 0 Å². The summed E-state index contributed by atoms with van der Waals surface area (Å²) in [7, 11) is 0. The van der Waals surface area contributed by atoms with Crippen molar-refractivity contribution < 1.29 is 4.79 Å². The van der Waals surface area contributed by atoms with Crippen LogP contribution in [0.5, 0.6) is 0 Å². The van der Waals surface area contributed by atoms with E-state index < -0.39 is 0 Å². The van der Waals surface area contributed by atoms with Gasteiger partial charge in [-0.15, -0.1) is 11.3 Å². The Morgan fingerprint density at radius 2 is 2.09 bits per heavy atom. The highest BCUT2D eigenvalue weighted by atomic mass is 35.5. The molecule has 2 heterocycles. The van der Waals surface area contributed by atoms with Gasteiger partial charge in [0, 0.05) is 17.1 Å². The summed E-state index contributed by atoms with van der Waals surface area (Å²) in [5.41, 5.74) is 1.86. The van der Waals surface area contributed by atoms with Crippen LogP contribution in [0.3, 0.4) is 0 Å². The van der Waals surface area contributed by atoms with Crippen LogP contribution in [0.15, 0.2) is 36.1 Å². The van der Waals surface area contributed by atoms with Gasteiger partial charge >= 0.3 is 0 Å². The van der Waals surface area contributed by atoms with Crippen LogP contribution >= 0.6 is 34.5 Å². The third kappa shape index (κ3) is 3.50. The van der Waals surface area contributed by atoms with Crippen molar-refractivity contribution in [2.75, 3.05) is 5.32 Å². The maximum Gasteiger partial charge on any atom is 0.260 e. The fraction of sp³-hybridized carbons (Fsp3) is 0.0667. The minimum atomic E-state index is -0.297. The summed E-state index contributed by atoms with van der Waals surface area (Å²) in [6.07, 6.45) is 2.88. The van der Waals surface area contributed by atoms with Gasteiger partial charge in [-0.05, 0) is 19.1 Å². The van der Waals surface area contributed by atoms with Gasteiger partial charge in [-0.1, -0.05) is 29.3 Å². The second kappa shape index (κ2) is 6.62. The zero-order valence-corrected chi connectivity index (χ0v) is 14.2. The molecule has 0 saturated heterocycles. The van der Waals surface area contributed by atoms with E-state index in [1.165, 1.54) is 23.9 Å². The van der Waals surface area contributed by atoms with Crippen LogP contribution in [0.1, 0.15) is 16.1 Å². The Hall–Kier alpha value is -2.02. The van der Waals surface area contributed by atoms with Gasteiger partial charge in [0.1, 0.15) is 17.2 Å². The normalized spacial score (nSPS) is 10.6. The van der Waals surface area contributed by atoms with Crippen LogP contribution in [0.4, 0.5) is 5.82 Å². The standard InChI is InChI=1S/C15H10Cl2N4OS/c1-8-10(5-18-7-19-8)14(22)20-13-6-23-15(21-13)9-2-3-11(16)12(17)4-9/h2-7H,1H3,(H,20,22). The van der Waals surface area contributed by atoms with E-state index >= 15 is 0 Å². The molecular weight excluding hydrogens is 355 g/mol. The van der Waals surface area contributed by atoms with Gasteiger partial charge < -0.3 is 5.32 Å². The molecule has 0 radical (unpaired) electrons. The summed E-state index contributed by atoms with van der Waals surface area (Å²) < 4.78 is 0. The number of benzene rings is 1. The van der Waals surface area contributed by atoms with Crippen molar-refractivity contribution >= 4 is 46.3 Å². The number of halogens is 2. The van der Waals surface area contributed by atoms with Crippen LogP contribution in [-0.2, 0) is 0 Å². The second-order valence-corrected chi connectivity index (χ2v) is 6.32. The molecule has 0 aliphatic rings. The highest BCUT2D eigenvalue weighted by Crippen LogP contribution is 2.31. The number of rotatable bonds is 3. The number of hydrogen-bond donors (Lipinski definition) is 1. The molecule has 0 aliphatic heterocycles. The smallest absolute Gasteiger partial charge is 0.260 e. The number of hydrogen-bond acceptors (Lipinski definition) is 5. The lowest BCUT2D eigenvalue weighted by Gasteiger charge is -2.03. The Balaban J connectivity index is 1.81. The van der Waals surface area contributed by atoms with Gasteiger partial charge in [-0.3, -0.25) is 4.79 Å². The first-order chi connectivity index (χ1) is 11.0. The van der Waals surface area contributed by atoms with Crippen molar-refractivity contribution in [3.05, 3.63) is 57.4 Å². The molecule has 116 valence electrons. The second-order valence-electron chi connectivity index (χ2n) is 4.64. The SMILES string of the molecule is Cc1ncncc1C(=O)Nc1csc(-c2ccc(Cl)c(Cl)c2)n1. The van der Waals surface area contributed by atoms with Gasteiger partial charge in [0.2, 0.25) is 0 Å². The number of carbonyl (C=O) groups excluding carboxylic acids is 1. The van der Waals surface area contributed by atoms with Gasteiger partial charge in [-0.25, -0.2) is 15.0 Å². The largest absolute Gasteiger partial charge is 0.306 e. The monoisotopic (exact) mass is 364 g/mol. The molecule has 0 saturated carbocycles. The highest BCUT2D eigenvalue weighted by molar-refractivity contribution is 7.13. The van der Waals surface area contributed by atoms with Crippen LogP contribution in [0.25, 0.3) is 10.6 Å². The fourth-order valence-corrected chi connectivity index (χ4v) is 2.94. The Morgan fingerprint density at radius 1 is 1.26 bits per heavy atom. The molecule has 8 heteroatoms. The molecule has 0 unspecified atom stereocenters. The van der Waals surface area contributed by atoms with Gasteiger partial charge in [0.25, 0.3) is 5.91 Å². The van der Waals surface area contributed by atoms with Crippen LogP contribution in [0, 0.1) is 6.92 Å². The van der Waals surface area contributed by atoms with E-state index in [-0.39, 0.29) is 5.91 Å². The summed E-state index contributed by atoms with van der Waals surface area (Å²) in [4.78, 5) is 24.5. The number of aromatic nitrogens is 3. The number of amides is 1. The lowest BCUT2D eigenvalue weighted by Crippen LogP contribution is -2.14.